The molecule has 0 aliphatic carbocycles. The third-order valence-electron chi connectivity index (χ3n) is 4.64. The van der Waals surface area contributed by atoms with Crippen LogP contribution < -0.4 is 10.9 Å². The molecule has 6 nitrogen and oxygen atoms in total. The van der Waals surface area contributed by atoms with Crippen molar-refractivity contribution in [3.8, 4) is 0 Å². The minimum absolute atomic E-state index is 0.0332. The number of ether oxygens (including phenoxy) is 1. The van der Waals surface area contributed by atoms with Gasteiger partial charge in [0.05, 0.1) is 23.6 Å². The molecule has 1 aromatic heterocycles. The molecule has 1 amide bonds. The summed E-state index contributed by atoms with van der Waals surface area (Å²) in [6.07, 6.45) is 2.84. The van der Waals surface area contributed by atoms with Gasteiger partial charge in [0.2, 0.25) is 0 Å². The third-order valence-corrected chi connectivity index (χ3v) is 4.97. The van der Waals surface area contributed by atoms with E-state index < -0.39 is 0 Å². The van der Waals surface area contributed by atoms with E-state index >= 15 is 0 Å². The lowest BCUT2D eigenvalue weighted by molar-refractivity contribution is 0.0939. The Morgan fingerprint density at radius 3 is 3.00 bits per heavy atom. The number of H-pyrrole nitrogens is 1. The maximum Gasteiger partial charge on any atom is 0.262 e. The third kappa shape index (κ3) is 3.82. The van der Waals surface area contributed by atoms with Gasteiger partial charge in [0, 0.05) is 18.2 Å². The standard InChI is InChI=1S/C18H23N3O3S/c1-3-11(2)19-16(22)12-6-7-14-15(9-12)20-18(25)21(17(14)23)10-13-5-4-8-24-13/h6-7,9,11,13H,3-5,8,10H2,1-2H3,(H,19,22)(H,20,25)/t11-,13+/m0/s1. The number of fused-ring (bicyclic) bond motifs is 1. The van der Waals surface area contributed by atoms with Crippen LogP contribution in [-0.4, -0.2) is 34.2 Å². The summed E-state index contributed by atoms with van der Waals surface area (Å²) in [5.41, 5.74) is 0.938. The number of nitrogens with zero attached hydrogens (tertiary/aromatic N) is 1. The van der Waals surface area contributed by atoms with Crippen LogP contribution in [0.3, 0.4) is 0 Å². The molecule has 1 aromatic carbocycles. The summed E-state index contributed by atoms with van der Waals surface area (Å²) in [7, 11) is 0. The van der Waals surface area contributed by atoms with E-state index in [-0.39, 0.29) is 23.6 Å². The maximum atomic E-state index is 12.8. The van der Waals surface area contributed by atoms with E-state index in [4.69, 9.17) is 17.0 Å². The van der Waals surface area contributed by atoms with Crippen LogP contribution in [0.2, 0.25) is 0 Å². The van der Waals surface area contributed by atoms with Crippen molar-refractivity contribution >= 4 is 29.0 Å². The SMILES string of the molecule is CC[C@H](C)NC(=O)c1ccc2c(=O)n(C[C@H]3CCCO3)c(=S)[nH]c2c1. The van der Waals surface area contributed by atoms with Gasteiger partial charge in [-0.2, -0.15) is 0 Å². The number of carbonyl (C=O) groups is 1. The lowest BCUT2D eigenvalue weighted by Gasteiger charge is -2.14. The second-order valence-corrected chi connectivity index (χ2v) is 6.91. The van der Waals surface area contributed by atoms with Crippen molar-refractivity contribution in [2.75, 3.05) is 6.61 Å². The summed E-state index contributed by atoms with van der Waals surface area (Å²) in [5, 5.41) is 3.44. The van der Waals surface area contributed by atoms with Crippen molar-refractivity contribution in [1.82, 2.24) is 14.9 Å². The molecule has 1 saturated heterocycles. The quantitative estimate of drug-likeness (QED) is 0.803. The number of nitrogens with one attached hydrogen (secondary N) is 2. The molecule has 25 heavy (non-hydrogen) atoms. The number of hydrogen-bond acceptors (Lipinski definition) is 4. The van der Waals surface area contributed by atoms with Gasteiger partial charge in [-0.25, -0.2) is 0 Å². The predicted molar refractivity (Wildman–Crippen MR) is 99.6 cm³/mol. The first kappa shape index (κ1) is 17.8. The Hall–Kier alpha value is -1.99. The smallest absolute Gasteiger partial charge is 0.262 e. The Balaban J connectivity index is 1.95. The average molecular weight is 361 g/mol. The zero-order chi connectivity index (χ0) is 18.0. The lowest BCUT2D eigenvalue weighted by Crippen LogP contribution is -2.32. The van der Waals surface area contributed by atoms with E-state index in [1.54, 1.807) is 22.8 Å². The van der Waals surface area contributed by atoms with Gasteiger partial charge in [-0.15, -0.1) is 0 Å². The highest BCUT2D eigenvalue weighted by Crippen LogP contribution is 2.15. The van der Waals surface area contributed by atoms with Gasteiger partial charge < -0.3 is 15.0 Å². The van der Waals surface area contributed by atoms with E-state index in [0.29, 0.717) is 27.8 Å². The predicted octanol–water partition coefficient (Wildman–Crippen LogP) is 2.77. The van der Waals surface area contributed by atoms with Gasteiger partial charge in [-0.1, -0.05) is 6.92 Å². The zero-order valence-electron chi connectivity index (χ0n) is 14.5. The lowest BCUT2D eigenvalue weighted by atomic mass is 10.1. The van der Waals surface area contributed by atoms with Gasteiger partial charge in [0.1, 0.15) is 0 Å². The molecule has 2 aromatic rings. The molecular weight excluding hydrogens is 338 g/mol. The molecular formula is C18H23N3O3S. The highest BCUT2D eigenvalue weighted by Gasteiger charge is 2.18. The van der Waals surface area contributed by atoms with Crippen molar-refractivity contribution in [3.63, 3.8) is 0 Å². The number of aromatic amines is 1. The van der Waals surface area contributed by atoms with E-state index in [9.17, 15) is 9.59 Å². The molecule has 1 fully saturated rings. The van der Waals surface area contributed by atoms with Crippen LogP contribution in [0.5, 0.6) is 0 Å². The van der Waals surface area contributed by atoms with Crippen molar-refractivity contribution in [2.24, 2.45) is 0 Å². The van der Waals surface area contributed by atoms with Gasteiger partial charge >= 0.3 is 0 Å². The summed E-state index contributed by atoms with van der Waals surface area (Å²) in [5.74, 6) is -0.154. The Kier molecular flexibility index (Phi) is 5.34. The molecule has 2 heterocycles. The summed E-state index contributed by atoms with van der Waals surface area (Å²) < 4.78 is 7.51. The molecule has 1 aliphatic heterocycles. The second kappa shape index (κ2) is 7.49. The van der Waals surface area contributed by atoms with Crippen LogP contribution in [0, 0.1) is 4.77 Å². The van der Waals surface area contributed by atoms with Crippen LogP contribution in [0.15, 0.2) is 23.0 Å². The van der Waals surface area contributed by atoms with Crippen molar-refractivity contribution < 1.29 is 9.53 Å². The van der Waals surface area contributed by atoms with E-state index in [1.807, 2.05) is 13.8 Å². The molecule has 2 atom stereocenters. The molecule has 7 heteroatoms. The molecule has 0 spiro atoms. The van der Waals surface area contributed by atoms with Gasteiger partial charge in [-0.05, 0) is 56.6 Å². The Morgan fingerprint density at radius 2 is 2.32 bits per heavy atom. The minimum atomic E-state index is -0.154. The topological polar surface area (TPSA) is 76.1 Å². The van der Waals surface area contributed by atoms with Gasteiger partial charge in [0.15, 0.2) is 4.77 Å². The highest BCUT2D eigenvalue weighted by atomic mass is 32.1. The van der Waals surface area contributed by atoms with E-state index in [0.717, 1.165) is 25.9 Å². The van der Waals surface area contributed by atoms with Crippen molar-refractivity contribution in [1.29, 1.82) is 0 Å². The molecule has 0 radical (unpaired) electrons. The van der Waals surface area contributed by atoms with E-state index in [2.05, 4.69) is 10.3 Å². The first-order valence-electron chi connectivity index (χ1n) is 8.69. The van der Waals surface area contributed by atoms with Crippen LogP contribution in [0.1, 0.15) is 43.5 Å². The van der Waals surface area contributed by atoms with Crippen LogP contribution in [-0.2, 0) is 11.3 Å². The first-order chi connectivity index (χ1) is 12.0. The maximum absolute atomic E-state index is 12.8. The summed E-state index contributed by atoms with van der Waals surface area (Å²) in [6.45, 7) is 5.16. The number of carbonyl (C=O) groups excluding carboxylic acids is 1. The van der Waals surface area contributed by atoms with Crippen molar-refractivity contribution in [2.45, 2.75) is 51.8 Å². The summed E-state index contributed by atoms with van der Waals surface area (Å²) in [6, 6.07) is 5.14. The van der Waals surface area contributed by atoms with Crippen LogP contribution >= 0.6 is 12.2 Å². The zero-order valence-corrected chi connectivity index (χ0v) is 15.3. The average Bonchev–Trinajstić information content (AvgIpc) is 3.11. The number of aromatic nitrogens is 2. The Labute approximate surface area is 151 Å². The summed E-state index contributed by atoms with van der Waals surface area (Å²) >= 11 is 5.35. The number of amides is 1. The molecule has 0 saturated carbocycles. The van der Waals surface area contributed by atoms with Crippen LogP contribution in [0.25, 0.3) is 10.9 Å². The monoisotopic (exact) mass is 361 g/mol. The van der Waals surface area contributed by atoms with Gasteiger partial charge in [-0.3, -0.25) is 14.2 Å². The molecule has 0 unspecified atom stereocenters. The van der Waals surface area contributed by atoms with Crippen LogP contribution in [0.4, 0.5) is 0 Å². The second-order valence-electron chi connectivity index (χ2n) is 6.52. The normalized spacial score (nSPS) is 18.4. The number of hydrogen-bond donors (Lipinski definition) is 2. The molecule has 0 bridgehead atoms. The molecule has 2 N–H and O–H groups in total. The minimum Gasteiger partial charge on any atom is -0.376 e. The fraction of sp³-hybridized carbons (Fsp3) is 0.500. The van der Waals surface area contributed by atoms with E-state index in [1.165, 1.54) is 0 Å². The number of benzene rings is 1. The van der Waals surface area contributed by atoms with Gasteiger partial charge in [0.25, 0.3) is 11.5 Å². The van der Waals surface area contributed by atoms with Crippen molar-refractivity contribution in [3.05, 3.63) is 38.9 Å². The molecule has 3 rings (SSSR count). The molecule has 134 valence electrons. The molecule has 1 aliphatic rings. The number of rotatable bonds is 5. The highest BCUT2D eigenvalue weighted by molar-refractivity contribution is 7.71. The largest absolute Gasteiger partial charge is 0.376 e. The first-order valence-corrected chi connectivity index (χ1v) is 9.09. The summed E-state index contributed by atoms with van der Waals surface area (Å²) in [4.78, 5) is 28.1. The Morgan fingerprint density at radius 1 is 1.52 bits per heavy atom. The Bertz CT molecular complexity index is 897. The fourth-order valence-electron chi connectivity index (χ4n) is 2.96. The fourth-order valence-corrected chi connectivity index (χ4v) is 3.23.